The van der Waals surface area contributed by atoms with Gasteiger partial charge in [-0.15, -0.1) is 21.5 Å². The molecule has 1 aromatic carbocycles. The number of amides is 1. The Balaban J connectivity index is 1.73. The van der Waals surface area contributed by atoms with Crippen LogP contribution >= 0.6 is 23.1 Å². The van der Waals surface area contributed by atoms with E-state index in [9.17, 15) is 4.79 Å². The van der Waals surface area contributed by atoms with Gasteiger partial charge in [0.25, 0.3) is 0 Å². The van der Waals surface area contributed by atoms with E-state index in [-0.39, 0.29) is 5.91 Å². The Morgan fingerprint density at radius 3 is 2.46 bits per heavy atom. The summed E-state index contributed by atoms with van der Waals surface area (Å²) in [7, 11) is 0. The van der Waals surface area contributed by atoms with E-state index in [1.807, 2.05) is 26.0 Å². The standard InChI is InChI=1S/C21H26N4OS2/c1-6-7-25-20(18-11-27-16(5)15(18)4)23-24-21(25)28-12-19(26)22-17-9-13(2)8-14(3)10-17/h8-11H,6-7,12H2,1-5H3,(H,22,26). The maximum atomic E-state index is 12.4. The van der Waals surface area contributed by atoms with Crippen LogP contribution in [0.4, 0.5) is 5.69 Å². The summed E-state index contributed by atoms with van der Waals surface area (Å²) in [5.41, 5.74) is 5.49. The molecule has 0 aliphatic heterocycles. The largest absolute Gasteiger partial charge is 0.325 e. The molecule has 0 saturated carbocycles. The Hall–Kier alpha value is -2.12. The number of rotatable bonds is 7. The normalized spacial score (nSPS) is 11.0. The lowest BCUT2D eigenvalue weighted by Gasteiger charge is -2.10. The van der Waals surface area contributed by atoms with Gasteiger partial charge < -0.3 is 9.88 Å². The molecular formula is C21H26N4OS2. The van der Waals surface area contributed by atoms with Crippen LogP contribution in [0.25, 0.3) is 11.4 Å². The molecule has 0 spiro atoms. The fourth-order valence-corrected chi connectivity index (χ4v) is 4.76. The van der Waals surface area contributed by atoms with Crippen LogP contribution < -0.4 is 5.32 Å². The number of benzene rings is 1. The van der Waals surface area contributed by atoms with Crippen molar-refractivity contribution in [2.75, 3.05) is 11.1 Å². The smallest absolute Gasteiger partial charge is 0.234 e. The third-order valence-corrected chi connectivity index (χ3v) is 6.51. The fraction of sp³-hybridized carbons (Fsp3) is 0.381. The highest BCUT2D eigenvalue weighted by atomic mass is 32.2. The van der Waals surface area contributed by atoms with Crippen molar-refractivity contribution in [2.24, 2.45) is 0 Å². The van der Waals surface area contributed by atoms with E-state index >= 15 is 0 Å². The minimum atomic E-state index is -0.0369. The number of thiophene rings is 1. The van der Waals surface area contributed by atoms with Gasteiger partial charge in [-0.25, -0.2) is 0 Å². The monoisotopic (exact) mass is 414 g/mol. The van der Waals surface area contributed by atoms with Gasteiger partial charge in [-0.2, -0.15) is 0 Å². The number of anilines is 1. The second-order valence-corrected chi connectivity index (χ2v) is 9.03. The molecular weight excluding hydrogens is 388 g/mol. The molecule has 0 atom stereocenters. The van der Waals surface area contributed by atoms with Gasteiger partial charge in [0.15, 0.2) is 11.0 Å². The van der Waals surface area contributed by atoms with Crippen LogP contribution in [0.2, 0.25) is 0 Å². The molecule has 1 amide bonds. The van der Waals surface area contributed by atoms with E-state index in [2.05, 4.69) is 52.3 Å². The van der Waals surface area contributed by atoms with Crippen molar-refractivity contribution in [2.45, 2.75) is 52.7 Å². The van der Waals surface area contributed by atoms with Crippen LogP contribution in [-0.2, 0) is 11.3 Å². The van der Waals surface area contributed by atoms with Crippen molar-refractivity contribution >= 4 is 34.7 Å². The van der Waals surface area contributed by atoms with E-state index < -0.39 is 0 Å². The van der Waals surface area contributed by atoms with Crippen molar-refractivity contribution in [3.05, 3.63) is 45.1 Å². The molecule has 0 fully saturated rings. The molecule has 0 aliphatic rings. The molecule has 0 aliphatic carbocycles. The van der Waals surface area contributed by atoms with Gasteiger partial charge in [-0.3, -0.25) is 4.79 Å². The van der Waals surface area contributed by atoms with Gasteiger partial charge in [-0.05, 0) is 62.9 Å². The summed E-state index contributed by atoms with van der Waals surface area (Å²) in [5, 5.41) is 14.7. The summed E-state index contributed by atoms with van der Waals surface area (Å²) >= 11 is 3.16. The van der Waals surface area contributed by atoms with E-state index in [0.29, 0.717) is 5.75 Å². The lowest BCUT2D eigenvalue weighted by molar-refractivity contribution is -0.113. The van der Waals surface area contributed by atoms with Crippen LogP contribution in [0.3, 0.4) is 0 Å². The second kappa shape index (κ2) is 8.92. The topological polar surface area (TPSA) is 59.8 Å². The summed E-state index contributed by atoms with van der Waals surface area (Å²) in [6, 6.07) is 6.05. The summed E-state index contributed by atoms with van der Waals surface area (Å²) in [6.45, 7) is 11.3. The number of nitrogens with one attached hydrogen (secondary N) is 1. The molecule has 1 N–H and O–H groups in total. The highest BCUT2D eigenvalue weighted by molar-refractivity contribution is 7.99. The minimum absolute atomic E-state index is 0.0369. The molecule has 2 aromatic heterocycles. The van der Waals surface area contributed by atoms with Crippen molar-refractivity contribution in [1.82, 2.24) is 14.8 Å². The number of carbonyl (C=O) groups is 1. The maximum Gasteiger partial charge on any atom is 0.234 e. The van der Waals surface area contributed by atoms with E-state index in [1.165, 1.54) is 22.2 Å². The van der Waals surface area contributed by atoms with E-state index in [1.54, 1.807) is 11.3 Å². The van der Waals surface area contributed by atoms with Gasteiger partial charge in [0.05, 0.1) is 5.75 Å². The van der Waals surface area contributed by atoms with Gasteiger partial charge in [0.1, 0.15) is 0 Å². The molecule has 5 nitrogen and oxygen atoms in total. The number of nitrogens with zero attached hydrogens (tertiary/aromatic N) is 3. The lowest BCUT2D eigenvalue weighted by Crippen LogP contribution is -2.15. The van der Waals surface area contributed by atoms with Crippen LogP contribution in [0.1, 0.15) is 34.9 Å². The predicted molar refractivity (Wildman–Crippen MR) is 118 cm³/mol. The zero-order chi connectivity index (χ0) is 20.3. The van der Waals surface area contributed by atoms with E-state index in [4.69, 9.17) is 0 Å². The first-order chi connectivity index (χ1) is 13.4. The number of aromatic nitrogens is 3. The molecule has 7 heteroatoms. The molecule has 0 unspecified atom stereocenters. The number of thioether (sulfide) groups is 1. The Morgan fingerprint density at radius 1 is 1.14 bits per heavy atom. The number of hydrogen-bond donors (Lipinski definition) is 1. The zero-order valence-corrected chi connectivity index (χ0v) is 18.6. The van der Waals surface area contributed by atoms with Gasteiger partial charge in [-0.1, -0.05) is 24.8 Å². The maximum absolute atomic E-state index is 12.4. The fourth-order valence-electron chi connectivity index (χ4n) is 3.13. The second-order valence-electron chi connectivity index (χ2n) is 7.00. The highest BCUT2D eigenvalue weighted by Crippen LogP contribution is 2.31. The average Bonchev–Trinajstić information content (AvgIpc) is 3.16. The van der Waals surface area contributed by atoms with Gasteiger partial charge in [0.2, 0.25) is 5.91 Å². The number of carbonyl (C=O) groups excluding carboxylic acids is 1. The Labute approximate surface area is 174 Å². The molecule has 28 heavy (non-hydrogen) atoms. The molecule has 0 radical (unpaired) electrons. The quantitative estimate of drug-likeness (QED) is 0.527. The van der Waals surface area contributed by atoms with Crippen molar-refractivity contribution in [3.63, 3.8) is 0 Å². The first-order valence-electron chi connectivity index (χ1n) is 9.38. The van der Waals surface area contributed by atoms with Crippen LogP contribution in [0.15, 0.2) is 28.7 Å². The molecule has 3 rings (SSSR count). The highest BCUT2D eigenvalue weighted by Gasteiger charge is 2.18. The number of hydrogen-bond acceptors (Lipinski definition) is 5. The van der Waals surface area contributed by atoms with Crippen LogP contribution in [0, 0.1) is 27.7 Å². The Morgan fingerprint density at radius 2 is 1.86 bits per heavy atom. The lowest BCUT2D eigenvalue weighted by atomic mass is 10.1. The number of aryl methyl sites for hydroxylation is 3. The molecule has 3 aromatic rings. The van der Waals surface area contributed by atoms with Gasteiger partial charge >= 0.3 is 0 Å². The summed E-state index contributed by atoms with van der Waals surface area (Å²) in [6.07, 6.45) is 0.982. The van der Waals surface area contributed by atoms with Crippen LogP contribution in [-0.4, -0.2) is 26.4 Å². The van der Waals surface area contributed by atoms with E-state index in [0.717, 1.165) is 46.3 Å². The Bertz CT molecular complexity index is 970. The summed E-state index contributed by atoms with van der Waals surface area (Å²) in [5.74, 6) is 1.15. The molecule has 2 heterocycles. The molecule has 148 valence electrons. The van der Waals surface area contributed by atoms with Crippen molar-refractivity contribution in [3.8, 4) is 11.4 Å². The van der Waals surface area contributed by atoms with Crippen LogP contribution in [0.5, 0.6) is 0 Å². The summed E-state index contributed by atoms with van der Waals surface area (Å²) < 4.78 is 2.13. The SMILES string of the molecule is CCCn1c(SCC(=O)Nc2cc(C)cc(C)c2)nnc1-c1csc(C)c1C. The average molecular weight is 415 g/mol. The minimum Gasteiger partial charge on any atom is -0.325 e. The zero-order valence-electron chi connectivity index (χ0n) is 17.0. The third kappa shape index (κ3) is 4.64. The summed E-state index contributed by atoms with van der Waals surface area (Å²) in [4.78, 5) is 13.7. The Kier molecular flexibility index (Phi) is 6.57. The van der Waals surface area contributed by atoms with Crippen molar-refractivity contribution in [1.29, 1.82) is 0 Å². The van der Waals surface area contributed by atoms with Crippen molar-refractivity contribution < 1.29 is 4.79 Å². The first-order valence-corrected chi connectivity index (χ1v) is 11.2. The predicted octanol–water partition coefficient (Wildman–Crippen LogP) is 5.38. The first kappa shape index (κ1) is 20.6. The molecule has 0 bridgehead atoms. The molecule has 0 saturated heterocycles. The third-order valence-electron chi connectivity index (χ3n) is 4.53. The van der Waals surface area contributed by atoms with Gasteiger partial charge in [0, 0.05) is 28.1 Å².